The lowest BCUT2D eigenvalue weighted by atomic mass is 10.2. The predicted molar refractivity (Wildman–Crippen MR) is 69.7 cm³/mol. The van der Waals surface area contributed by atoms with E-state index in [4.69, 9.17) is 10.5 Å². The second-order valence-corrected chi connectivity index (χ2v) is 5.37. The van der Waals surface area contributed by atoms with Crippen molar-refractivity contribution in [1.29, 1.82) is 0 Å². The molecule has 1 aromatic heterocycles. The number of nitrogens with two attached hydrogens (primary N) is 1. The summed E-state index contributed by atoms with van der Waals surface area (Å²) in [6, 6.07) is 5.90. The number of benzene rings is 1. The van der Waals surface area contributed by atoms with E-state index in [0.29, 0.717) is 11.7 Å². The van der Waals surface area contributed by atoms with Gasteiger partial charge in [0.1, 0.15) is 12.4 Å². The second kappa shape index (κ2) is 4.84. The summed E-state index contributed by atoms with van der Waals surface area (Å²) in [7, 11) is 0. The van der Waals surface area contributed by atoms with Crippen molar-refractivity contribution in [2.75, 3.05) is 5.73 Å². The van der Waals surface area contributed by atoms with Crippen LogP contribution in [0.1, 0.15) is 10.4 Å². The molecule has 0 unspecified atom stereocenters. The molecule has 0 bridgehead atoms. The van der Waals surface area contributed by atoms with E-state index in [-0.39, 0.29) is 0 Å². The Labute approximate surface area is 106 Å². The van der Waals surface area contributed by atoms with E-state index in [1.165, 1.54) is 11.3 Å². The average Bonchev–Trinajstić information content (AvgIpc) is 2.66. The Morgan fingerprint density at radius 2 is 2.31 bits per heavy atom. The number of thiazole rings is 1. The predicted octanol–water partition coefficient (Wildman–Crippen LogP) is 3.38. The lowest BCUT2D eigenvalue weighted by Crippen LogP contribution is -1.93. The molecule has 1 heterocycles. The summed E-state index contributed by atoms with van der Waals surface area (Å²) >= 11 is 4.90. The molecule has 0 saturated heterocycles. The third-order valence-electron chi connectivity index (χ3n) is 2.08. The zero-order valence-corrected chi connectivity index (χ0v) is 11.1. The second-order valence-electron chi connectivity index (χ2n) is 3.36. The molecule has 1 aromatic carbocycles. The fourth-order valence-electron chi connectivity index (χ4n) is 1.25. The first-order valence-electron chi connectivity index (χ1n) is 4.74. The Bertz CT molecular complexity index is 498. The largest absolute Gasteiger partial charge is 0.488 e. The smallest absolute Gasteiger partial charge is 0.180 e. The van der Waals surface area contributed by atoms with Crippen LogP contribution in [-0.2, 0) is 6.61 Å². The summed E-state index contributed by atoms with van der Waals surface area (Å²) in [6.07, 6.45) is 1.74. The molecule has 84 valence electrons. The average molecular weight is 299 g/mol. The van der Waals surface area contributed by atoms with E-state index < -0.39 is 0 Å². The van der Waals surface area contributed by atoms with Gasteiger partial charge in [0.25, 0.3) is 0 Å². The minimum atomic E-state index is 0.510. The van der Waals surface area contributed by atoms with Gasteiger partial charge in [0.15, 0.2) is 5.13 Å². The molecular weight excluding hydrogens is 288 g/mol. The number of rotatable bonds is 3. The van der Waals surface area contributed by atoms with E-state index in [2.05, 4.69) is 20.9 Å². The standard InChI is InChI=1S/C11H11BrN2OS/c1-7-4-8(2-3-10(7)12)15-6-9-5-14-11(13)16-9/h2-5H,6H2,1H3,(H2,13,14). The quantitative estimate of drug-likeness (QED) is 0.945. The minimum Gasteiger partial charge on any atom is -0.488 e. The SMILES string of the molecule is Cc1cc(OCc2cnc(N)s2)ccc1Br. The van der Waals surface area contributed by atoms with Crippen molar-refractivity contribution >= 4 is 32.4 Å². The molecule has 0 aliphatic rings. The summed E-state index contributed by atoms with van der Waals surface area (Å²) in [4.78, 5) is 5.00. The molecular formula is C11H11BrN2OS. The van der Waals surface area contributed by atoms with Crippen molar-refractivity contribution in [1.82, 2.24) is 4.98 Å². The number of anilines is 1. The molecule has 0 spiro atoms. The summed E-state index contributed by atoms with van der Waals surface area (Å²) < 4.78 is 6.72. The maximum atomic E-state index is 5.64. The fourth-order valence-corrected chi connectivity index (χ4v) is 2.09. The summed E-state index contributed by atoms with van der Waals surface area (Å²) in [5.41, 5.74) is 6.69. The minimum absolute atomic E-state index is 0.510. The zero-order chi connectivity index (χ0) is 11.5. The molecule has 3 nitrogen and oxygen atoms in total. The van der Waals surface area contributed by atoms with E-state index in [1.807, 2.05) is 25.1 Å². The fraction of sp³-hybridized carbons (Fsp3) is 0.182. The van der Waals surface area contributed by atoms with Crippen molar-refractivity contribution in [3.63, 3.8) is 0 Å². The number of hydrogen-bond acceptors (Lipinski definition) is 4. The molecule has 16 heavy (non-hydrogen) atoms. The maximum Gasteiger partial charge on any atom is 0.180 e. The number of halogens is 1. The van der Waals surface area contributed by atoms with Crippen LogP contribution in [0.4, 0.5) is 5.13 Å². The van der Waals surface area contributed by atoms with Gasteiger partial charge in [-0.05, 0) is 30.7 Å². The molecule has 2 aromatic rings. The highest BCUT2D eigenvalue weighted by molar-refractivity contribution is 9.10. The van der Waals surface area contributed by atoms with Gasteiger partial charge in [-0.25, -0.2) is 4.98 Å². The molecule has 0 saturated carbocycles. The van der Waals surface area contributed by atoms with Gasteiger partial charge < -0.3 is 10.5 Å². The molecule has 0 amide bonds. The van der Waals surface area contributed by atoms with Crippen molar-refractivity contribution < 1.29 is 4.74 Å². The van der Waals surface area contributed by atoms with E-state index in [9.17, 15) is 0 Å². The van der Waals surface area contributed by atoms with Crippen molar-refractivity contribution in [2.24, 2.45) is 0 Å². The summed E-state index contributed by atoms with van der Waals surface area (Å²) in [5, 5.41) is 0.575. The van der Waals surface area contributed by atoms with Crippen molar-refractivity contribution in [3.05, 3.63) is 39.3 Å². The molecule has 0 fully saturated rings. The van der Waals surface area contributed by atoms with Gasteiger partial charge in [0.05, 0.1) is 4.88 Å². The van der Waals surface area contributed by atoms with Gasteiger partial charge in [-0.15, -0.1) is 0 Å². The summed E-state index contributed by atoms with van der Waals surface area (Å²) in [6.45, 7) is 2.54. The van der Waals surface area contributed by atoms with Crippen molar-refractivity contribution in [2.45, 2.75) is 13.5 Å². The Balaban J connectivity index is 2.02. The van der Waals surface area contributed by atoms with Crippen LogP contribution in [0.15, 0.2) is 28.9 Å². The monoisotopic (exact) mass is 298 g/mol. The van der Waals surface area contributed by atoms with Gasteiger partial charge >= 0.3 is 0 Å². The van der Waals surface area contributed by atoms with Gasteiger partial charge in [-0.3, -0.25) is 0 Å². The third-order valence-corrected chi connectivity index (χ3v) is 3.77. The molecule has 0 radical (unpaired) electrons. The Kier molecular flexibility index (Phi) is 3.46. The number of aromatic nitrogens is 1. The van der Waals surface area contributed by atoms with Gasteiger partial charge in [0.2, 0.25) is 0 Å². The highest BCUT2D eigenvalue weighted by Crippen LogP contribution is 2.23. The number of nitrogens with zero attached hydrogens (tertiary/aromatic N) is 1. The van der Waals surface area contributed by atoms with Crippen molar-refractivity contribution in [3.8, 4) is 5.75 Å². The zero-order valence-electron chi connectivity index (χ0n) is 8.74. The van der Waals surface area contributed by atoms with E-state index >= 15 is 0 Å². The van der Waals surface area contributed by atoms with Gasteiger partial charge in [-0.2, -0.15) is 0 Å². The topological polar surface area (TPSA) is 48.1 Å². The first kappa shape index (κ1) is 11.4. The molecule has 0 aliphatic heterocycles. The summed E-state index contributed by atoms with van der Waals surface area (Å²) in [5.74, 6) is 0.854. The first-order chi connectivity index (χ1) is 7.65. The van der Waals surface area contributed by atoms with Crippen LogP contribution in [-0.4, -0.2) is 4.98 Å². The maximum absolute atomic E-state index is 5.64. The number of nitrogen functional groups attached to an aromatic ring is 1. The van der Waals surface area contributed by atoms with Gasteiger partial charge in [-0.1, -0.05) is 27.3 Å². The Morgan fingerprint density at radius 1 is 1.50 bits per heavy atom. The first-order valence-corrected chi connectivity index (χ1v) is 6.35. The normalized spacial score (nSPS) is 10.4. The molecule has 0 atom stereocenters. The lowest BCUT2D eigenvalue weighted by molar-refractivity contribution is 0.309. The number of hydrogen-bond donors (Lipinski definition) is 1. The Morgan fingerprint density at radius 3 is 2.94 bits per heavy atom. The van der Waals surface area contributed by atoms with Gasteiger partial charge in [0, 0.05) is 10.7 Å². The van der Waals surface area contributed by atoms with Crippen LogP contribution < -0.4 is 10.5 Å². The van der Waals surface area contributed by atoms with E-state index in [1.54, 1.807) is 6.20 Å². The lowest BCUT2D eigenvalue weighted by Gasteiger charge is -2.06. The molecule has 0 aliphatic carbocycles. The molecule has 2 N–H and O–H groups in total. The van der Waals surface area contributed by atoms with Crippen LogP contribution in [0.25, 0.3) is 0 Å². The van der Waals surface area contributed by atoms with Crippen LogP contribution in [0.5, 0.6) is 5.75 Å². The van der Waals surface area contributed by atoms with Crippen LogP contribution >= 0.6 is 27.3 Å². The molecule has 5 heteroatoms. The highest BCUT2D eigenvalue weighted by atomic mass is 79.9. The number of aryl methyl sites for hydroxylation is 1. The van der Waals surface area contributed by atoms with Crippen LogP contribution in [0.2, 0.25) is 0 Å². The Hall–Kier alpha value is -1.07. The van der Waals surface area contributed by atoms with Crippen LogP contribution in [0, 0.1) is 6.92 Å². The van der Waals surface area contributed by atoms with E-state index in [0.717, 1.165) is 20.7 Å². The molecule has 2 rings (SSSR count). The van der Waals surface area contributed by atoms with Crippen LogP contribution in [0.3, 0.4) is 0 Å². The number of ether oxygens (including phenoxy) is 1. The highest BCUT2D eigenvalue weighted by Gasteiger charge is 2.01. The third kappa shape index (κ3) is 2.74.